The molecular weight excluding hydrogens is 534 g/mol. The van der Waals surface area contributed by atoms with Crippen molar-refractivity contribution in [2.24, 2.45) is 0 Å². The summed E-state index contributed by atoms with van der Waals surface area (Å²) in [7, 11) is 0. The molecule has 2 aromatic carbocycles. The number of halogens is 6. The van der Waals surface area contributed by atoms with Gasteiger partial charge in [0.2, 0.25) is 6.04 Å². The largest absolute Gasteiger partial charge is 0.465 e. The van der Waals surface area contributed by atoms with E-state index in [1.54, 1.807) is 42.2 Å². The second-order valence-electron chi connectivity index (χ2n) is 9.35. The molecule has 3 rings (SSSR count). The molecule has 0 bridgehead atoms. The van der Waals surface area contributed by atoms with Crippen LogP contribution in [-0.4, -0.2) is 48.1 Å². The Bertz CT molecular complexity index is 1130. The third-order valence-corrected chi connectivity index (χ3v) is 6.81. The maximum atomic E-state index is 13.4. The van der Waals surface area contributed by atoms with Crippen LogP contribution in [0.25, 0.3) is 0 Å². The molecule has 1 saturated heterocycles. The number of nitro groups is 1. The predicted molar refractivity (Wildman–Crippen MR) is 127 cm³/mol. The van der Waals surface area contributed by atoms with E-state index in [1.807, 2.05) is 0 Å². The fraction of sp³-hybridized carbons (Fsp3) is 0.500. The summed E-state index contributed by atoms with van der Waals surface area (Å²) in [6.07, 6.45) is -11.0. The zero-order valence-electron chi connectivity index (χ0n) is 21.2. The van der Waals surface area contributed by atoms with Crippen molar-refractivity contribution in [1.29, 1.82) is 0 Å². The zero-order chi connectivity index (χ0) is 29.0. The van der Waals surface area contributed by atoms with Crippen LogP contribution in [0, 0.1) is 10.1 Å². The summed E-state index contributed by atoms with van der Waals surface area (Å²) in [4.78, 5) is 25.1. The summed E-state index contributed by atoms with van der Waals surface area (Å²) in [5.41, 5.74) is -3.77. The molecule has 1 aliphatic heterocycles. The molecule has 13 heteroatoms. The van der Waals surface area contributed by atoms with Crippen molar-refractivity contribution >= 4 is 5.97 Å². The average Bonchev–Trinajstić information content (AvgIpc) is 2.87. The fourth-order valence-corrected chi connectivity index (χ4v) is 4.73. The Labute approximate surface area is 220 Å². The normalized spacial score (nSPS) is 21.4. The molecule has 0 aliphatic carbocycles. The van der Waals surface area contributed by atoms with Crippen molar-refractivity contribution in [1.82, 2.24) is 4.90 Å². The van der Waals surface area contributed by atoms with Crippen LogP contribution in [-0.2, 0) is 32.2 Å². The van der Waals surface area contributed by atoms with Crippen molar-refractivity contribution in [3.8, 4) is 0 Å². The lowest BCUT2D eigenvalue weighted by Gasteiger charge is -2.47. The highest BCUT2D eigenvalue weighted by Crippen LogP contribution is 2.41. The summed E-state index contributed by atoms with van der Waals surface area (Å²) < 4.78 is 91.3. The Morgan fingerprint density at radius 2 is 1.69 bits per heavy atom. The minimum absolute atomic E-state index is 0.0433. The monoisotopic (exact) mass is 562 g/mol. The lowest BCUT2D eigenvalue weighted by Crippen LogP contribution is -2.58. The van der Waals surface area contributed by atoms with Gasteiger partial charge in [-0.05, 0) is 49.6 Å². The minimum atomic E-state index is -5.02. The van der Waals surface area contributed by atoms with Crippen molar-refractivity contribution in [3.05, 3.63) is 80.9 Å². The van der Waals surface area contributed by atoms with Crippen molar-refractivity contribution in [3.63, 3.8) is 0 Å². The number of piperidine rings is 1. The lowest BCUT2D eigenvalue weighted by atomic mass is 9.79. The number of carbonyl (C=O) groups excluding carboxylic acids is 1. The number of benzene rings is 2. The molecule has 214 valence electrons. The first-order valence-corrected chi connectivity index (χ1v) is 12.2. The summed E-state index contributed by atoms with van der Waals surface area (Å²) >= 11 is 0. The van der Waals surface area contributed by atoms with Gasteiger partial charge in [-0.25, -0.2) is 0 Å². The van der Waals surface area contributed by atoms with Crippen LogP contribution in [0.2, 0.25) is 0 Å². The predicted octanol–water partition coefficient (Wildman–Crippen LogP) is 6.00. The first-order valence-electron chi connectivity index (χ1n) is 12.2. The molecule has 0 saturated carbocycles. The molecule has 0 radical (unpaired) electrons. The minimum Gasteiger partial charge on any atom is -0.465 e. The summed E-state index contributed by atoms with van der Waals surface area (Å²) in [5.74, 6) is -0.637. The number of alkyl halides is 6. The number of likely N-dealkylation sites (tertiary alicyclic amines) is 1. The third-order valence-electron chi connectivity index (χ3n) is 6.81. The van der Waals surface area contributed by atoms with Crippen LogP contribution < -0.4 is 0 Å². The smallest absolute Gasteiger partial charge is 0.416 e. The highest BCUT2D eigenvalue weighted by Gasteiger charge is 2.48. The molecule has 2 aromatic rings. The van der Waals surface area contributed by atoms with Gasteiger partial charge in [0.05, 0.1) is 49.1 Å². The molecule has 0 spiro atoms. The summed E-state index contributed by atoms with van der Waals surface area (Å²) in [6.45, 7) is 2.28. The molecule has 1 fully saturated rings. The molecule has 1 heterocycles. The third kappa shape index (κ3) is 7.27. The lowest BCUT2D eigenvalue weighted by molar-refractivity contribution is -0.529. The van der Waals surface area contributed by atoms with Gasteiger partial charge in [0, 0.05) is 11.3 Å². The van der Waals surface area contributed by atoms with Crippen molar-refractivity contribution in [2.45, 2.75) is 56.7 Å². The van der Waals surface area contributed by atoms with Crippen LogP contribution >= 0.6 is 0 Å². The van der Waals surface area contributed by atoms with E-state index in [9.17, 15) is 41.3 Å². The number of carbonyl (C=O) groups is 1. The highest BCUT2D eigenvalue weighted by atomic mass is 19.4. The van der Waals surface area contributed by atoms with Crippen LogP contribution in [0.15, 0.2) is 48.5 Å². The number of ether oxygens (including phenoxy) is 2. The van der Waals surface area contributed by atoms with E-state index in [2.05, 4.69) is 0 Å². The molecular formula is C26H28F6N2O5. The van der Waals surface area contributed by atoms with E-state index in [1.165, 1.54) is 6.92 Å². The number of hydrogen-bond acceptors (Lipinski definition) is 6. The van der Waals surface area contributed by atoms with Gasteiger partial charge in [0.1, 0.15) is 0 Å². The standard InChI is InChI=1S/C26H28F6N2O5/c1-3-38-23(35)15-33-14-22(34(36)37)9-10-24(33,19-7-5-4-6-8-19)16-39-17(2)18-11-20(25(27,28)29)13-21(12-18)26(30,31)32/h4-8,11-13,17,22H,3,9-10,14-16H2,1-2H3/t17-,22+,24-/m1/s1. The van der Waals surface area contributed by atoms with E-state index in [0.717, 1.165) is 0 Å². The maximum absolute atomic E-state index is 13.4. The number of hydrogen-bond donors (Lipinski definition) is 0. The second kappa shape index (κ2) is 11.9. The van der Waals surface area contributed by atoms with Crippen LogP contribution in [0.3, 0.4) is 0 Å². The molecule has 1 aliphatic rings. The Morgan fingerprint density at radius 1 is 1.10 bits per heavy atom. The van der Waals surface area contributed by atoms with Gasteiger partial charge in [0.15, 0.2) is 0 Å². The van der Waals surface area contributed by atoms with E-state index in [4.69, 9.17) is 9.47 Å². The molecule has 3 atom stereocenters. The van der Waals surface area contributed by atoms with Gasteiger partial charge in [-0.1, -0.05) is 30.3 Å². The number of nitrogens with zero attached hydrogens (tertiary/aromatic N) is 2. The first-order chi connectivity index (χ1) is 18.2. The quantitative estimate of drug-likeness (QED) is 0.161. The first kappa shape index (κ1) is 30.4. The Balaban J connectivity index is 2.00. The van der Waals surface area contributed by atoms with Gasteiger partial charge >= 0.3 is 18.3 Å². The van der Waals surface area contributed by atoms with Gasteiger partial charge in [-0.3, -0.25) is 19.8 Å². The topological polar surface area (TPSA) is 81.9 Å². The number of esters is 1. The molecule has 0 N–H and O–H groups in total. The van der Waals surface area contributed by atoms with Crippen LogP contribution in [0.5, 0.6) is 0 Å². The Morgan fingerprint density at radius 3 is 2.21 bits per heavy atom. The van der Waals surface area contributed by atoms with Gasteiger partial charge in [-0.15, -0.1) is 0 Å². The molecule has 0 amide bonds. The van der Waals surface area contributed by atoms with Crippen molar-refractivity contribution in [2.75, 3.05) is 26.3 Å². The summed E-state index contributed by atoms with van der Waals surface area (Å²) in [5, 5.41) is 11.6. The molecule has 0 aromatic heterocycles. The van der Waals surface area contributed by atoms with E-state index in [-0.39, 0.29) is 50.8 Å². The fourth-order valence-electron chi connectivity index (χ4n) is 4.73. The Kier molecular flexibility index (Phi) is 9.27. The average molecular weight is 563 g/mol. The molecule has 7 nitrogen and oxygen atoms in total. The van der Waals surface area contributed by atoms with E-state index < -0.39 is 52.1 Å². The summed E-state index contributed by atoms with van der Waals surface area (Å²) in [6, 6.07) is 8.88. The van der Waals surface area contributed by atoms with Gasteiger partial charge in [0.25, 0.3) is 0 Å². The Hall–Kier alpha value is -3.19. The molecule has 39 heavy (non-hydrogen) atoms. The van der Waals surface area contributed by atoms with E-state index in [0.29, 0.717) is 17.7 Å². The van der Waals surface area contributed by atoms with Crippen molar-refractivity contribution < 1.29 is 45.5 Å². The second-order valence-corrected chi connectivity index (χ2v) is 9.35. The van der Waals surface area contributed by atoms with Crippen LogP contribution in [0.1, 0.15) is 55.0 Å². The van der Waals surface area contributed by atoms with E-state index >= 15 is 0 Å². The molecule has 0 unspecified atom stereocenters. The van der Waals surface area contributed by atoms with Crippen LogP contribution in [0.4, 0.5) is 26.3 Å². The number of rotatable bonds is 9. The highest BCUT2D eigenvalue weighted by molar-refractivity contribution is 5.71. The SMILES string of the molecule is CCOC(=O)CN1C[C@@H]([N+](=O)[O-])CC[C@@]1(CO[C@H](C)c1cc(C(F)(F)F)cc(C(F)(F)F)c1)c1ccccc1. The van der Waals surface area contributed by atoms with Gasteiger partial charge in [-0.2, -0.15) is 26.3 Å². The zero-order valence-corrected chi connectivity index (χ0v) is 21.2. The van der Waals surface area contributed by atoms with Gasteiger partial charge < -0.3 is 9.47 Å². The maximum Gasteiger partial charge on any atom is 0.416 e.